The van der Waals surface area contributed by atoms with Gasteiger partial charge in [-0.2, -0.15) is 5.26 Å². The zero-order valence-electron chi connectivity index (χ0n) is 11.8. The summed E-state index contributed by atoms with van der Waals surface area (Å²) in [5.41, 5.74) is 7.73. The second-order valence-electron chi connectivity index (χ2n) is 4.80. The third-order valence-corrected chi connectivity index (χ3v) is 3.52. The molecular weight excluding hydrogens is 284 g/mol. The van der Waals surface area contributed by atoms with E-state index < -0.39 is 0 Å². The summed E-state index contributed by atoms with van der Waals surface area (Å²) in [5.74, 6) is 0.683. The molecule has 2 rings (SSSR count). The average molecular weight is 301 g/mol. The number of nitrogens with zero attached hydrogens (tertiary/aromatic N) is 1. The molecule has 0 bridgehead atoms. The lowest BCUT2D eigenvalue weighted by Crippen LogP contribution is -2.31. The minimum Gasteiger partial charge on any atom is -0.484 e. The monoisotopic (exact) mass is 300 g/mol. The molecular formula is C17H17ClN2O. The summed E-state index contributed by atoms with van der Waals surface area (Å²) in [5, 5.41) is 9.48. The number of hydrogen-bond acceptors (Lipinski definition) is 3. The first-order chi connectivity index (χ1) is 10.1. The van der Waals surface area contributed by atoms with Gasteiger partial charge in [-0.3, -0.25) is 0 Å². The van der Waals surface area contributed by atoms with Crippen LogP contribution < -0.4 is 10.5 Å². The van der Waals surface area contributed by atoms with Crippen molar-refractivity contribution in [2.75, 3.05) is 0 Å². The van der Waals surface area contributed by atoms with Crippen LogP contribution in [0.1, 0.15) is 30.6 Å². The van der Waals surface area contributed by atoms with Gasteiger partial charge in [-0.05, 0) is 48.4 Å². The van der Waals surface area contributed by atoms with Crippen LogP contribution in [0.4, 0.5) is 0 Å². The second kappa shape index (κ2) is 7.12. The molecule has 0 saturated carbocycles. The maximum atomic E-state index is 8.82. The minimum absolute atomic E-state index is 0.140. The predicted octanol–water partition coefficient (Wildman–Crippen LogP) is 4.07. The summed E-state index contributed by atoms with van der Waals surface area (Å²) >= 11 is 6.05. The fraction of sp³-hybridized carbons (Fsp3) is 0.235. The average Bonchev–Trinajstić information content (AvgIpc) is 2.52. The van der Waals surface area contributed by atoms with Gasteiger partial charge in [-0.1, -0.05) is 30.7 Å². The number of ether oxygens (including phenoxy) is 1. The zero-order valence-corrected chi connectivity index (χ0v) is 12.5. The minimum atomic E-state index is -0.276. The quantitative estimate of drug-likeness (QED) is 0.905. The highest BCUT2D eigenvalue weighted by Crippen LogP contribution is 2.27. The van der Waals surface area contributed by atoms with Crippen LogP contribution in [0.5, 0.6) is 5.75 Å². The van der Waals surface area contributed by atoms with Crippen molar-refractivity contribution in [3.8, 4) is 11.8 Å². The second-order valence-corrected chi connectivity index (χ2v) is 5.24. The Morgan fingerprint density at radius 1 is 1.24 bits per heavy atom. The molecule has 21 heavy (non-hydrogen) atoms. The predicted molar refractivity (Wildman–Crippen MR) is 84.2 cm³/mol. The van der Waals surface area contributed by atoms with Gasteiger partial charge in [0.25, 0.3) is 0 Å². The van der Waals surface area contributed by atoms with Crippen LogP contribution in [-0.2, 0) is 0 Å². The van der Waals surface area contributed by atoms with Crippen LogP contribution in [0, 0.1) is 11.3 Å². The lowest BCUT2D eigenvalue weighted by Gasteiger charge is -2.25. The summed E-state index contributed by atoms with van der Waals surface area (Å²) in [6.07, 6.45) is 0.509. The maximum Gasteiger partial charge on any atom is 0.139 e. The molecule has 0 heterocycles. The molecule has 0 amide bonds. The van der Waals surface area contributed by atoms with Gasteiger partial charge in [-0.25, -0.2) is 0 Å². The molecule has 0 aliphatic carbocycles. The van der Waals surface area contributed by atoms with Crippen molar-refractivity contribution in [3.63, 3.8) is 0 Å². The van der Waals surface area contributed by atoms with E-state index >= 15 is 0 Å². The Hall–Kier alpha value is -2.02. The van der Waals surface area contributed by atoms with E-state index in [1.807, 2.05) is 31.2 Å². The van der Waals surface area contributed by atoms with Gasteiger partial charge in [0.1, 0.15) is 11.9 Å². The molecule has 2 N–H and O–H groups in total. The lowest BCUT2D eigenvalue weighted by atomic mass is 10.0. The molecule has 2 atom stereocenters. The molecule has 4 heteroatoms. The summed E-state index contributed by atoms with van der Waals surface area (Å²) in [4.78, 5) is 0. The van der Waals surface area contributed by atoms with Crippen molar-refractivity contribution in [2.45, 2.75) is 25.5 Å². The number of nitriles is 1. The molecule has 0 aliphatic rings. The van der Waals surface area contributed by atoms with Gasteiger partial charge in [0.15, 0.2) is 0 Å². The summed E-state index contributed by atoms with van der Waals surface area (Å²) in [6.45, 7) is 2.02. The van der Waals surface area contributed by atoms with E-state index in [2.05, 4.69) is 6.07 Å². The molecule has 0 spiro atoms. The molecule has 0 aliphatic heterocycles. The van der Waals surface area contributed by atoms with Gasteiger partial charge in [0, 0.05) is 11.1 Å². The van der Waals surface area contributed by atoms with Crippen LogP contribution in [-0.4, -0.2) is 6.04 Å². The van der Waals surface area contributed by atoms with Crippen molar-refractivity contribution in [1.82, 2.24) is 0 Å². The number of nitrogens with two attached hydrogens (primary N) is 1. The van der Waals surface area contributed by atoms with E-state index in [9.17, 15) is 0 Å². The molecule has 2 aromatic carbocycles. The van der Waals surface area contributed by atoms with Gasteiger partial charge < -0.3 is 10.5 Å². The van der Waals surface area contributed by atoms with E-state index in [0.29, 0.717) is 16.3 Å². The third kappa shape index (κ3) is 3.98. The Balaban J connectivity index is 2.26. The normalized spacial score (nSPS) is 13.2. The van der Waals surface area contributed by atoms with E-state index in [-0.39, 0.29) is 12.1 Å². The highest BCUT2D eigenvalue weighted by atomic mass is 35.5. The number of benzene rings is 2. The molecule has 0 saturated heterocycles. The standard InChI is InChI=1S/C17H17ClN2O/c1-2-16(20)17(13-4-3-5-14(18)10-13)21-15-8-6-12(11-19)7-9-15/h3-10,16-17H,2,20H2,1H3. The van der Waals surface area contributed by atoms with E-state index in [4.69, 9.17) is 27.3 Å². The van der Waals surface area contributed by atoms with E-state index in [1.54, 1.807) is 24.3 Å². The van der Waals surface area contributed by atoms with Crippen LogP contribution in [0.3, 0.4) is 0 Å². The fourth-order valence-corrected chi connectivity index (χ4v) is 2.25. The van der Waals surface area contributed by atoms with Crippen LogP contribution in [0.25, 0.3) is 0 Å². The fourth-order valence-electron chi connectivity index (χ4n) is 2.05. The van der Waals surface area contributed by atoms with Crippen molar-refractivity contribution in [2.24, 2.45) is 5.73 Å². The number of halogens is 1. The number of rotatable bonds is 5. The highest BCUT2D eigenvalue weighted by Gasteiger charge is 2.20. The molecule has 0 fully saturated rings. The summed E-state index contributed by atoms with van der Waals surface area (Å²) < 4.78 is 6.01. The number of hydrogen-bond donors (Lipinski definition) is 1. The first-order valence-corrected chi connectivity index (χ1v) is 7.19. The summed E-state index contributed by atoms with van der Waals surface area (Å²) in [7, 11) is 0. The third-order valence-electron chi connectivity index (χ3n) is 3.28. The van der Waals surface area contributed by atoms with Crippen LogP contribution >= 0.6 is 11.6 Å². The smallest absolute Gasteiger partial charge is 0.139 e. The maximum absolute atomic E-state index is 8.82. The van der Waals surface area contributed by atoms with Gasteiger partial charge in [-0.15, -0.1) is 0 Å². The molecule has 3 nitrogen and oxygen atoms in total. The molecule has 2 unspecified atom stereocenters. The van der Waals surface area contributed by atoms with E-state index in [1.165, 1.54) is 0 Å². The van der Waals surface area contributed by atoms with Crippen LogP contribution in [0.15, 0.2) is 48.5 Å². The summed E-state index contributed by atoms with van der Waals surface area (Å²) in [6, 6.07) is 16.5. The van der Waals surface area contributed by atoms with Crippen molar-refractivity contribution in [1.29, 1.82) is 5.26 Å². The largest absolute Gasteiger partial charge is 0.484 e. The molecule has 0 aromatic heterocycles. The van der Waals surface area contributed by atoms with Gasteiger partial charge >= 0.3 is 0 Å². The van der Waals surface area contributed by atoms with Gasteiger partial charge in [0.05, 0.1) is 11.6 Å². The first-order valence-electron chi connectivity index (χ1n) is 6.82. The molecule has 0 radical (unpaired) electrons. The molecule has 108 valence electrons. The zero-order chi connectivity index (χ0) is 15.2. The van der Waals surface area contributed by atoms with Crippen molar-refractivity contribution < 1.29 is 4.74 Å². The Morgan fingerprint density at radius 3 is 2.52 bits per heavy atom. The Bertz CT molecular complexity index is 634. The van der Waals surface area contributed by atoms with Crippen molar-refractivity contribution in [3.05, 3.63) is 64.7 Å². The highest BCUT2D eigenvalue weighted by molar-refractivity contribution is 6.30. The first kappa shape index (κ1) is 15.4. The van der Waals surface area contributed by atoms with Crippen LogP contribution in [0.2, 0.25) is 5.02 Å². The SMILES string of the molecule is CCC(N)C(Oc1ccc(C#N)cc1)c1cccc(Cl)c1. The van der Waals surface area contributed by atoms with Gasteiger partial charge in [0.2, 0.25) is 0 Å². The Labute approximate surface area is 129 Å². The van der Waals surface area contributed by atoms with Crippen molar-refractivity contribution >= 4 is 11.6 Å². The Morgan fingerprint density at radius 2 is 1.95 bits per heavy atom. The lowest BCUT2D eigenvalue weighted by molar-refractivity contribution is 0.171. The Kier molecular flexibility index (Phi) is 5.21. The van der Waals surface area contributed by atoms with E-state index in [0.717, 1.165) is 12.0 Å². The molecule has 2 aromatic rings. The topological polar surface area (TPSA) is 59.0 Å².